The first-order chi connectivity index (χ1) is 9.49. The van der Waals surface area contributed by atoms with Gasteiger partial charge < -0.3 is 15.7 Å². The summed E-state index contributed by atoms with van der Waals surface area (Å²) in [4.78, 5) is 23.6. The van der Waals surface area contributed by atoms with Crippen LogP contribution in [0.25, 0.3) is 0 Å². The fourth-order valence-corrected chi connectivity index (χ4v) is 1.82. The summed E-state index contributed by atoms with van der Waals surface area (Å²) in [7, 11) is 0. The number of anilines is 1. The SMILES string of the molecule is CCC(CO)NC(=O)C(=O)Nc1ccccc1C(C)C. The molecule has 0 aromatic heterocycles. The minimum Gasteiger partial charge on any atom is -0.394 e. The second-order valence-electron chi connectivity index (χ2n) is 4.96. The normalized spacial score (nSPS) is 12.1. The third kappa shape index (κ3) is 4.35. The second kappa shape index (κ2) is 7.65. The minimum atomic E-state index is -0.732. The zero-order valence-corrected chi connectivity index (χ0v) is 12.1. The summed E-state index contributed by atoms with van der Waals surface area (Å²) >= 11 is 0. The van der Waals surface area contributed by atoms with Crippen molar-refractivity contribution in [3.63, 3.8) is 0 Å². The zero-order chi connectivity index (χ0) is 15.1. The van der Waals surface area contributed by atoms with Crippen molar-refractivity contribution in [2.24, 2.45) is 0 Å². The summed E-state index contributed by atoms with van der Waals surface area (Å²) < 4.78 is 0. The van der Waals surface area contributed by atoms with Crippen molar-refractivity contribution in [3.05, 3.63) is 29.8 Å². The second-order valence-corrected chi connectivity index (χ2v) is 4.96. The first-order valence-electron chi connectivity index (χ1n) is 6.81. The van der Waals surface area contributed by atoms with E-state index in [4.69, 9.17) is 5.11 Å². The van der Waals surface area contributed by atoms with Crippen molar-refractivity contribution in [1.29, 1.82) is 0 Å². The number of rotatable bonds is 5. The molecular formula is C15H22N2O3. The molecule has 110 valence electrons. The van der Waals surface area contributed by atoms with Crippen LogP contribution < -0.4 is 10.6 Å². The van der Waals surface area contributed by atoms with E-state index in [1.807, 2.05) is 39.0 Å². The molecule has 0 fully saturated rings. The number of aliphatic hydroxyl groups is 1. The van der Waals surface area contributed by atoms with Gasteiger partial charge in [-0.05, 0) is 24.0 Å². The van der Waals surface area contributed by atoms with Crippen LogP contribution in [0, 0.1) is 0 Å². The molecule has 5 nitrogen and oxygen atoms in total. The molecule has 0 aliphatic rings. The van der Waals surface area contributed by atoms with Crippen LogP contribution >= 0.6 is 0 Å². The van der Waals surface area contributed by atoms with Gasteiger partial charge in [0.1, 0.15) is 0 Å². The fraction of sp³-hybridized carbons (Fsp3) is 0.467. The molecule has 0 aliphatic heterocycles. The highest BCUT2D eigenvalue weighted by Crippen LogP contribution is 2.23. The van der Waals surface area contributed by atoms with Crippen LogP contribution in [0.15, 0.2) is 24.3 Å². The van der Waals surface area contributed by atoms with Gasteiger partial charge in [-0.25, -0.2) is 0 Å². The molecule has 0 spiro atoms. The Labute approximate surface area is 119 Å². The van der Waals surface area contributed by atoms with Crippen molar-refractivity contribution in [3.8, 4) is 0 Å². The Hall–Kier alpha value is -1.88. The van der Waals surface area contributed by atoms with Crippen LogP contribution in [0.3, 0.4) is 0 Å². The van der Waals surface area contributed by atoms with E-state index in [1.54, 1.807) is 6.07 Å². The van der Waals surface area contributed by atoms with Crippen LogP contribution in [-0.2, 0) is 9.59 Å². The molecule has 2 amide bonds. The maximum atomic E-state index is 11.8. The molecule has 20 heavy (non-hydrogen) atoms. The number of benzene rings is 1. The summed E-state index contributed by atoms with van der Waals surface area (Å²) in [5.41, 5.74) is 1.61. The molecule has 1 unspecified atom stereocenters. The van der Waals surface area contributed by atoms with Gasteiger partial charge in [0.2, 0.25) is 0 Å². The average Bonchev–Trinajstić information content (AvgIpc) is 2.44. The Morgan fingerprint density at radius 3 is 2.40 bits per heavy atom. The predicted molar refractivity (Wildman–Crippen MR) is 78.5 cm³/mol. The maximum absolute atomic E-state index is 11.8. The quantitative estimate of drug-likeness (QED) is 0.716. The molecule has 0 heterocycles. The Bertz CT molecular complexity index is 468. The predicted octanol–water partition coefficient (Wildman–Crippen LogP) is 1.64. The van der Waals surface area contributed by atoms with Crippen molar-refractivity contribution < 1.29 is 14.7 Å². The number of carbonyl (C=O) groups excluding carboxylic acids is 2. The number of aliphatic hydroxyl groups excluding tert-OH is 1. The smallest absolute Gasteiger partial charge is 0.313 e. The Balaban J connectivity index is 2.73. The molecule has 1 aromatic rings. The van der Waals surface area contributed by atoms with Crippen LogP contribution in [0.5, 0.6) is 0 Å². The van der Waals surface area contributed by atoms with E-state index < -0.39 is 17.9 Å². The van der Waals surface area contributed by atoms with Gasteiger partial charge in [-0.2, -0.15) is 0 Å². The van der Waals surface area contributed by atoms with Crippen molar-refractivity contribution in [2.75, 3.05) is 11.9 Å². The number of hydrogen-bond donors (Lipinski definition) is 3. The number of amides is 2. The highest BCUT2D eigenvalue weighted by Gasteiger charge is 2.18. The maximum Gasteiger partial charge on any atom is 0.313 e. The van der Waals surface area contributed by atoms with Gasteiger partial charge in [-0.1, -0.05) is 39.0 Å². The topological polar surface area (TPSA) is 78.4 Å². The Morgan fingerprint density at radius 1 is 1.20 bits per heavy atom. The average molecular weight is 278 g/mol. The molecular weight excluding hydrogens is 256 g/mol. The summed E-state index contributed by atoms with van der Waals surface area (Å²) in [5.74, 6) is -1.20. The fourth-order valence-electron chi connectivity index (χ4n) is 1.82. The van der Waals surface area contributed by atoms with E-state index >= 15 is 0 Å². The van der Waals surface area contributed by atoms with Crippen LogP contribution in [0.1, 0.15) is 38.7 Å². The van der Waals surface area contributed by atoms with Crippen molar-refractivity contribution >= 4 is 17.5 Å². The van der Waals surface area contributed by atoms with Gasteiger partial charge in [0.25, 0.3) is 0 Å². The Morgan fingerprint density at radius 2 is 1.85 bits per heavy atom. The summed E-state index contributed by atoms with van der Waals surface area (Å²) in [6.07, 6.45) is 0.568. The lowest BCUT2D eigenvalue weighted by Crippen LogP contribution is -2.43. The molecule has 0 bridgehead atoms. The Kier molecular flexibility index (Phi) is 6.18. The third-order valence-electron chi connectivity index (χ3n) is 3.09. The largest absolute Gasteiger partial charge is 0.394 e. The molecule has 0 saturated carbocycles. The highest BCUT2D eigenvalue weighted by atomic mass is 16.3. The minimum absolute atomic E-state index is 0.182. The number of hydrogen-bond acceptors (Lipinski definition) is 3. The summed E-state index contributed by atoms with van der Waals surface area (Å²) in [6.45, 7) is 5.68. The number of carbonyl (C=O) groups is 2. The van der Waals surface area contributed by atoms with Crippen LogP contribution in [0.4, 0.5) is 5.69 Å². The third-order valence-corrected chi connectivity index (χ3v) is 3.09. The molecule has 1 atom stereocenters. The van der Waals surface area contributed by atoms with Crippen LogP contribution in [0.2, 0.25) is 0 Å². The lowest BCUT2D eigenvalue weighted by Gasteiger charge is -2.16. The number of para-hydroxylation sites is 1. The van der Waals surface area contributed by atoms with E-state index in [-0.39, 0.29) is 12.5 Å². The monoisotopic (exact) mass is 278 g/mol. The first-order valence-corrected chi connectivity index (χ1v) is 6.81. The van der Waals surface area contributed by atoms with Gasteiger partial charge in [0.05, 0.1) is 12.6 Å². The molecule has 1 aromatic carbocycles. The lowest BCUT2D eigenvalue weighted by atomic mass is 10.0. The molecule has 0 saturated heterocycles. The van der Waals surface area contributed by atoms with E-state index in [0.29, 0.717) is 12.1 Å². The van der Waals surface area contributed by atoms with E-state index in [0.717, 1.165) is 5.56 Å². The molecule has 5 heteroatoms. The summed E-state index contributed by atoms with van der Waals surface area (Å²) in [5, 5.41) is 14.1. The van der Waals surface area contributed by atoms with Gasteiger partial charge >= 0.3 is 11.8 Å². The van der Waals surface area contributed by atoms with Crippen molar-refractivity contribution in [2.45, 2.75) is 39.2 Å². The van der Waals surface area contributed by atoms with Gasteiger partial charge in [-0.15, -0.1) is 0 Å². The van der Waals surface area contributed by atoms with Gasteiger partial charge in [0, 0.05) is 5.69 Å². The van der Waals surface area contributed by atoms with Crippen LogP contribution in [-0.4, -0.2) is 29.6 Å². The van der Waals surface area contributed by atoms with Gasteiger partial charge in [-0.3, -0.25) is 9.59 Å². The summed E-state index contributed by atoms with van der Waals surface area (Å²) in [6, 6.07) is 6.99. The molecule has 1 rings (SSSR count). The zero-order valence-electron chi connectivity index (χ0n) is 12.1. The van der Waals surface area contributed by atoms with Crippen molar-refractivity contribution in [1.82, 2.24) is 5.32 Å². The standard InChI is InChI=1S/C15H22N2O3/c1-4-11(9-18)16-14(19)15(20)17-13-8-6-5-7-12(13)10(2)3/h5-8,10-11,18H,4,9H2,1-3H3,(H,16,19)(H,17,20). The highest BCUT2D eigenvalue weighted by molar-refractivity contribution is 6.39. The molecule has 0 aliphatic carbocycles. The molecule has 0 radical (unpaired) electrons. The van der Waals surface area contributed by atoms with E-state index in [2.05, 4.69) is 10.6 Å². The van der Waals surface area contributed by atoms with E-state index in [1.165, 1.54) is 0 Å². The first kappa shape index (κ1) is 16.2. The van der Waals surface area contributed by atoms with Gasteiger partial charge in [0.15, 0.2) is 0 Å². The molecule has 3 N–H and O–H groups in total. The number of nitrogens with one attached hydrogen (secondary N) is 2. The van der Waals surface area contributed by atoms with E-state index in [9.17, 15) is 9.59 Å². The lowest BCUT2D eigenvalue weighted by molar-refractivity contribution is -0.136.